The van der Waals surface area contributed by atoms with Gasteiger partial charge in [-0.25, -0.2) is 0 Å². The van der Waals surface area contributed by atoms with Gasteiger partial charge in [0, 0.05) is 26.6 Å². The van der Waals surface area contributed by atoms with E-state index in [1.807, 2.05) is 7.05 Å². The standard InChI is InChI=1S/C11H16N2O2/c1-3-4-10(14)12-6-5-9-7-11(15)13(2)8-9/h9H,5-8H2,1-2H3,(H,12,14). The van der Waals surface area contributed by atoms with Crippen molar-refractivity contribution in [3.8, 4) is 11.8 Å². The van der Waals surface area contributed by atoms with Gasteiger partial charge in [-0.1, -0.05) is 5.92 Å². The van der Waals surface area contributed by atoms with Crippen LogP contribution in [0.3, 0.4) is 0 Å². The van der Waals surface area contributed by atoms with E-state index in [2.05, 4.69) is 17.2 Å². The van der Waals surface area contributed by atoms with Crippen LogP contribution < -0.4 is 5.32 Å². The van der Waals surface area contributed by atoms with Gasteiger partial charge in [0.2, 0.25) is 5.91 Å². The molecule has 4 nitrogen and oxygen atoms in total. The molecule has 0 bridgehead atoms. The lowest BCUT2D eigenvalue weighted by molar-refractivity contribution is -0.126. The second-order valence-electron chi connectivity index (χ2n) is 3.76. The number of amides is 2. The Labute approximate surface area is 90.0 Å². The summed E-state index contributed by atoms with van der Waals surface area (Å²) in [6, 6.07) is 0. The van der Waals surface area contributed by atoms with E-state index in [0.29, 0.717) is 18.9 Å². The minimum atomic E-state index is -0.241. The first-order valence-electron chi connectivity index (χ1n) is 5.08. The van der Waals surface area contributed by atoms with Crippen LogP contribution in [0.1, 0.15) is 19.8 Å². The topological polar surface area (TPSA) is 49.4 Å². The van der Waals surface area contributed by atoms with Crippen molar-refractivity contribution in [1.82, 2.24) is 10.2 Å². The molecule has 0 aromatic carbocycles. The van der Waals surface area contributed by atoms with Gasteiger partial charge in [-0.05, 0) is 25.2 Å². The first kappa shape index (κ1) is 11.6. The maximum Gasteiger partial charge on any atom is 0.295 e. The van der Waals surface area contributed by atoms with Crippen molar-refractivity contribution in [2.45, 2.75) is 19.8 Å². The molecule has 2 amide bonds. The van der Waals surface area contributed by atoms with Crippen LogP contribution in [0.4, 0.5) is 0 Å². The van der Waals surface area contributed by atoms with E-state index in [-0.39, 0.29) is 11.8 Å². The van der Waals surface area contributed by atoms with E-state index in [1.54, 1.807) is 11.8 Å². The van der Waals surface area contributed by atoms with Crippen LogP contribution in [0, 0.1) is 17.8 Å². The van der Waals surface area contributed by atoms with E-state index in [1.165, 1.54) is 0 Å². The van der Waals surface area contributed by atoms with Crippen LogP contribution in [0.25, 0.3) is 0 Å². The van der Waals surface area contributed by atoms with Gasteiger partial charge in [-0.3, -0.25) is 9.59 Å². The summed E-state index contributed by atoms with van der Waals surface area (Å²) in [4.78, 5) is 23.9. The molecule has 1 rings (SSSR count). The van der Waals surface area contributed by atoms with Crippen molar-refractivity contribution < 1.29 is 9.59 Å². The quantitative estimate of drug-likeness (QED) is 0.663. The summed E-state index contributed by atoms with van der Waals surface area (Å²) < 4.78 is 0. The summed E-state index contributed by atoms with van der Waals surface area (Å²) in [6.45, 7) is 3.03. The first-order valence-corrected chi connectivity index (χ1v) is 5.08. The number of rotatable bonds is 3. The molecule has 0 aromatic rings. The van der Waals surface area contributed by atoms with Crippen molar-refractivity contribution in [1.29, 1.82) is 0 Å². The van der Waals surface area contributed by atoms with Gasteiger partial charge in [0.25, 0.3) is 5.91 Å². The molecular weight excluding hydrogens is 192 g/mol. The molecule has 0 spiro atoms. The predicted molar refractivity (Wildman–Crippen MR) is 56.8 cm³/mol. The molecule has 1 heterocycles. The Bertz CT molecular complexity index is 314. The summed E-state index contributed by atoms with van der Waals surface area (Å²) in [7, 11) is 1.81. The number of carbonyl (C=O) groups excluding carboxylic acids is 2. The lowest BCUT2D eigenvalue weighted by atomic mass is 10.1. The van der Waals surface area contributed by atoms with Crippen molar-refractivity contribution >= 4 is 11.8 Å². The van der Waals surface area contributed by atoms with E-state index in [9.17, 15) is 9.59 Å². The molecule has 0 radical (unpaired) electrons. The average Bonchev–Trinajstić information content (AvgIpc) is 2.46. The predicted octanol–water partition coefficient (Wildman–Crippen LogP) is -0.00570. The second-order valence-corrected chi connectivity index (χ2v) is 3.76. The highest BCUT2D eigenvalue weighted by atomic mass is 16.2. The zero-order chi connectivity index (χ0) is 11.3. The molecule has 15 heavy (non-hydrogen) atoms. The Morgan fingerprint density at radius 1 is 1.67 bits per heavy atom. The number of likely N-dealkylation sites (tertiary alicyclic amines) is 1. The molecule has 1 atom stereocenters. The molecule has 4 heteroatoms. The Hall–Kier alpha value is -1.50. The van der Waals surface area contributed by atoms with Gasteiger partial charge in [0.05, 0.1) is 0 Å². The molecule has 1 aliphatic heterocycles. The third kappa shape index (κ3) is 3.62. The zero-order valence-electron chi connectivity index (χ0n) is 9.17. The monoisotopic (exact) mass is 208 g/mol. The van der Waals surface area contributed by atoms with E-state index in [0.717, 1.165) is 13.0 Å². The second kappa shape index (κ2) is 5.40. The fourth-order valence-electron chi connectivity index (χ4n) is 1.70. The third-order valence-electron chi connectivity index (χ3n) is 2.50. The molecule has 0 aliphatic carbocycles. The number of nitrogens with one attached hydrogen (secondary N) is 1. The van der Waals surface area contributed by atoms with Crippen molar-refractivity contribution in [3.05, 3.63) is 0 Å². The molecule has 1 unspecified atom stereocenters. The van der Waals surface area contributed by atoms with Crippen molar-refractivity contribution in [3.63, 3.8) is 0 Å². The molecule has 1 fully saturated rings. The lowest BCUT2D eigenvalue weighted by Crippen LogP contribution is -2.25. The van der Waals surface area contributed by atoms with E-state index in [4.69, 9.17) is 0 Å². The zero-order valence-corrected chi connectivity index (χ0v) is 9.17. The Morgan fingerprint density at radius 3 is 2.93 bits per heavy atom. The van der Waals surface area contributed by atoms with Gasteiger partial charge >= 0.3 is 0 Å². The Kier molecular flexibility index (Phi) is 4.17. The van der Waals surface area contributed by atoms with Crippen LogP contribution in [0.15, 0.2) is 0 Å². The highest BCUT2D eigenvalue weighted by molar-refractivity contribution is 5.93. The molecule has 0 saturated carbocycles. The lowest BCUT2D eigenvalue weighted by Gasteiger charge is -2.09. The minimum absolute atomic E-state index is 0.194. The van der Waals surface area contributed by atoms with Crippen LogP contribution >= 0.6 is 0 Å². The average molecular weight is 208 g/mol. The smallest absolute Gasteiger partial charge is 0.295 e. The SMILES string of the molecule is CC#CC(=O)NCCC1CC(=O)N(C)C1. The molecule has 1 saturated heterocycles. The van der Waals surface area contributed by atoms with Gasteiger partial charge < -0.3 is 10.2 Å². The third-order valence-corrected chi connectivity index (χ3v) is 2.50. The number of nitrogens with zero attached hydrogens (tertiary/aromatic N) is 1. The Balaban J connectivity index is 2.18. The van der Waals surface area contributed by atoms with Gasteiger partial charge in [-0.15, -0.1) is 0 Å². The summed E-state index contributed by atoms with van der Waals surface area (Å²) in [5.41, 5.74) is 0. The highest BCUT2D eigenvalue weighted by Gasteiger charge is 2.25. The van der Waals surface area contributed by atoms with E-state index >= 15 is 0 Å². The summed E-state index contributed by atoms with van der Waals surface area (Å²) in [6.07, 6.45) is 1.44. The number of hydrogen-bond donors (Lipinski definition) is 1. The largest absolute Gasteiger partial charge is 0.345 e. The minimum Gasteiger partial charge on any atom is -0.345 e. The van der Waals surface area contributed by atoms with Gasteiger partial charge in [0.1, 0.15) is 0 Å². The fraction of sp³-hybridized carbons (Fsp3) is 0.636. The van der Waals surface area contributed by atoms with Gasteiger partial charge in [0.15, 0.2) is 0 Å². The number of carbonyl (C=O) groups is 2. The molecule has 0 aromatic heterocycles. The molecule has 82 valence electrons. The molecule has 1 aliphatic rings. The maximum atomic E-state index is 11.2. The number of hydrogen-bond acceptors (Lipinski definition) is 2. The van der Waals surface area contributed by atoms with Crippen molar-refractivity contribution in [2.24, 2.45) is 5.92 Å². The van der Waals surface area contributed by atoms with Crippen LogP contribution in [0.2, 0.25) is 0 Å². The van der Waals surface area contributed by atoms with E-state index < -0.39 is 0 Å². The fourth-order valence-corrected chi connectivity index (χ4v) is 1.70. The first-order chi connectivity index (χ1) is 7.13. The van der Waals surface area contributed by atoms with Crippen LogP contribution in [-0.4, -0.2) is 36.9 Å². The Morgan fingerprint density at radius 2 is 2.40 bits per heavy atom. The van der Waals surface area contributed by atoms with Gasteiger partial charge in [-0.2, -0.15) is 0 Å². The maximum absolute atomic E-state index is 11.2. The normalized spacial score (nSPS) is 19.7. The van der Waals surface area contributed by atoms with Crippen LogP contribution in [-0.2, 0) is 9.59 Å². The van der Waals surface area contributed by atoms with Crippen LogP contribution in [0.5, 0.6) is 0 Å². The summed E-state index contributed by atoms with van der Waals surface area (Å²) in [5.74, 6) is 5.27. The summed E-state index contributed by atoms with van der Waals surface area (Å²) >= 11 is 0. The molecule has 1 N–H and O–H groups in total. The molecular formula is C11H16N2O2. The van der Waals surface area contributed by atoms with Crippen molar-refractivity contribution in [2.75, 3.05) is 20.1 Å². The summed E-state index contributed by atoms with van der Waals surface area (Å²) in [5, 5.41) is 2.70. The highest BCUT2D eigenvalue weighted by Crippen LogP contribution is 2.18.